The largest absolute Gasteiger partial charge is 0.329 e. The van der Waals surface area contributed by atoms with Gasteiger partial charge < -0.3 is 10.6 Å². The van der Waals surface area contributed by atoms with Gasteiger partial charge in [-0.3, -0.25) is 0 Å². The van der Waals surface area contributed by atoms with E-state index in [1.54, 1.807) is 29.2 Å². The van der Waals surface area contributed by atoms with E-state index < -0.39 is 10.0 Å². The van der Waals surface area contributed by atoms with Gasteiger partial charge in [0.1, 0.15) is 11.2 Å². The van der Waals surface area contributed by atoms with E-state index in [1.807, 2.05) is 30.3 Å². The monoisotopic (exact) mass is 301 g/mol. The number of rotatable bonds is 3. The second-order valence-corrected chi connectivity index (χ2v) is 6.43. The third-order valence-electron chi connectivity index (χ3n) is 3.40. The number of fused-ring (bicyclic) bond motifs is 1. The molecule has 108 valence electrons. The zero-order chi connectivity index (χ0) is 14.9. The molecule has 0 saturated heterocycles. The minimum atomic E-state index is -3.59. The molecule has 1 unspecified atom stereocenters. The van der Waals surface area contributed by atoms with Gasteiger partial charge in [-0.15, -0.1) is 4.40 Å². The Morgan fingerprint density at radius 3 is 2.48 bits per heavy atom. The van der Waals surface area contributed by atoms with Crippen molar-refractivity contribution in [2.24, 2.45) is 10.1 Å². The first-order valence-electron chi connectivity index (χ1n) is 6.54. The van der Waals surface area contributed by atoms with Crippen LogP contribution in [0.1, 0.15) is 11.6 Å². The number of hydrogen-bond acceptors (Lipinski definition) is 4. The maximum absolute atomic E-state index is 11.9. The zero-order valence-corrected chi connectivity index (χ0v) is 12.1. The maximum Gasteiger partial charge on any atom is 0.285 e. The van der Waals surface area contributed by atoms with Crippen LogP contribution in [0, 0.1) is 0 Å². The molecule has 6 heteroatoms. The van der Waals surface area contributed by atoms with Crippen LogP contribution in [0.2, 0.25) is 0 Å². The van der Waals surface area contributed by atoms with Crippen molar-refractivity contribution in [2.75, 3.05) is 11.4 Å². The van der Waals surface area contributed by atoms with E-state index in [1.165, 1.54) is 6.34 Å². The van der Waals surface area contributed by atoms with Gasteiger partial charge in [-0.2, -0.15) is 8.42 Å². The fourth-order valence-electron chi connectivity index (χ4n) is 2.31. The molecule has 0 amide bonds. The van der Waals surface area contributed by atoms with Crippen LogP contribution in [0.3, 0.4) is 0 Å². The summed E-state index contributed by atoms with van der Waals surface area (Å²) in [6.07, 6.45) is 1.33. The molecule has 21 heavy (non-hydrogen) atoms. The Morgan fingerprint density at radius 2 is 1.71 bits per heavy atom. The lowest BCUT2D eigenvalue weighted by Gasteiger charge is -2.27. The minimum absolute atomic E-state index is 0.216. The molecule has 0 aliphatic carbocycles. The van der Waals surface area contributed by atoms with Crippen molar-refractivity contribution in [3.8, 4) is 0 Å². The van der Waals surface area contributed by atoms with Crippen molar-refractivity contribution in [2.45, 2.75) is 10.9 Å². The fraction of sp³-hybridized carbons (Fsp3) is 0.133. The lowest BCUT2D eigenvalue weighted by molar-refractivity contribution is 0.596. The van der Waals surface area contributed by atoms with E-state index >= 15 is 0 Å². The lowest BCUT2D eigenvalue weighted by Crippen LogP contribution is -2.34. The van der Waals surface area contributed by atoms with Gasteiger partial charge in [0.2, 0.25) is 0 Å². The molecule has 0 bridgehead atoms. The first-order chi connectivity index (χ1) is 10.1. The van der Waals surface area contributed by atoms with Crippen molar-refractivity contribution in [1.29, 1.82) is 0 Å². The normalized spacial score (nSPS) is 17.3. The Labute approximate surface area is 123 Å². The highest BCUT2D eigenvalue weighted by atomic mass is 32.2. The molecular formula is C15H15N3O2S. The first kappa shape index (κ1) is 13.8. The molecular weight excluding hydrogens is 286 g/mol. The highest BCUT2D eigenvalue weighted by molar-refractivity contribution is 7.90. The molecule has 3 rings (SSSR count). The molecule has 1 heterocycles. The number of nitrogens with two attached hydrogens (primary N) is 1. The molecule has 0 saturated carbocycles. The van der Waals surface area contributed by atoms with Crippen molar-refractivity contribution < 1.29 is 8.42 Å². The number of hydrogen-bond donors (Lipinski definition) is 1. The molecule has 2 N–H and O–H groups in total. The number of para-hydroxylation sites is 1. The molecule has 5 nitrogen and oxygen atoms in total. The second-order valence-electron chi connectivity index (χ2n) is 4.83. The van der Waals surface area contributed by atoms with Crippen LogP contribution in [0.5, 0.6) is 0 Å². The quantitative estimate of drug-likeness (QED) is 0.939. The molecule has 1 atom stereocenters. The Bertz CT molecular complexity index is 773. The summed E-state index contributed by atoms with van der Waals surface area (Å²) in [5.74, 6) is 0. The van der Waals surface area contributed by atoms with Crippen LogP contribution < -0.4 is 10.6 Å². The van der Waals surface area contributed by atoms with E-state index in [0.717, 1.165) is 5.56 Å². The summed E-state index contributed by atoms with van der Waals surface area (Å²) >= 11 is 0. The maximum atomic E-state index is 11.9. The third kappa shape index (κ3) is 2.68. The van der Waals surface area contributed by atoms with Crippen LogP contribution in [0.25, 0.3) is 0 Å². The highest BCUT2D eigenvalue weighted by Gasteiger charge is 2.25. The lowest BCUT2D eigenvalue weighted by atomic mass is 10.1. The Balaban J connectivity index is 1.91. The topological polar surface area (TPSA) is 75.8 Å². The highest BCUT2D eigenvalue weighted by Crippen LogP contribution is 2.30. The first-order valence-corrected chi connectivity index (χ1v) is 7.98. The molecule has 1 aliphatic heterocycles. The van der Waals surface area contributed by atoms with Gasteiger partial charge in [0.25, 0.3) is 10.0 Å². The molecule has 0 aromatic heterocycles. The summed E-state index contributed by atoms with van der Waals surface area (Å²) in [5, 5.41) is 0. The molecule has 0 spiro atoms. The number of benzene rings is 2. The third-order valence-corrected chi connectivity index (χ3v) is 4.67. The average molecular weight is 301 g/mol. The van der Waals surface area contributed by atoms with E-state index in [-0.39, 0.29) is 10.9 Å². The smallest absolute Gasteiger partial charge is 0.285 e. The summed E-state index contributed by atoms with van der Waals surface area (Å²) in [5.41, 5.74) is 7.80. The molecule has 1 aliphatic rings. The molecule has 0 fully saturated rings. The van der Waals surface area contributed by atoms with Gasteiger partial charge in [0, 0.05) is 12.6 Å². The number of nitrogens with zero attached hydrogens (tertiary/aromatic N) is 2. The summed E-state index contributed by atoms with van der Waals surface area (Å²) < 4.78 is 27.5. The predicted molar refractivity (Wildman–Crippen MR) is 82.8 cm³/mol. The average Bonchev–Trinajstić information content (AvgIpc) is 2.51. The molecule has 0 radical (unpaired) electrons. The predicted octanol–water partition coefficient (Wildman–Crippen LogP) is 1.92. The van der Waals surface area contributed by atoms with Crippen molar-refractivity contribution >= 4 is 22.0 Å². The van der Waals surface area contributed by atoms with Crippen LogP contribution in [-0.4, -0.2) is 21.3 Å². The van der Waals surface area contributed by atoms with Crippen LogP contribution >= 0.6 is 0 Å². The van der Waals surface area contributed by atoms with Gasteiger partial charge in [-0.25, -0.2) is 0 Å². The zero-order valence-electron chi connectivity index (χ0n) is 11.3. The summed E-state index contributed by atoms with van der Waals surface area (Å²) in [4.78, 5) is 1.99. The van der Waals surface area contributed by atoms with E-state index in [9.17, 15) is 8.42 Å². The van der Waals surface area contributed by atoms with Gasteiger partial charge in [-0.1, -0.05) is 42.5 Å². The van der Waals surface area contributed by atoms with Gasteiger partial charge >= 0.3 is 0 Å². The number of sulfonamides is 1. The van der Waals surface area contributed by atoms with Crippen LogP contribution in [0.4, 0.5) is 5.69 Å². The van der Waals surface area contributed by atoms with Gasteiger partial charge in [0.15, 0.2) is 0 Å². The van der Waals surface area contributed by atoms with Crippen molar-refractivity contribution in [3.05, 3.63) is 60.2 Å². The van der Waals surface area contributed by atoms with E-state index in [4.69, 9.17) is 5.73 Å². The SMILES string of the molecule is NC(CN1C=NS(=O)(=O)c2ccccc21)c1ccccc1. The van der Waals surface area contributed by atoms with E-state index in [0.29, 0.717) is 12.2 Å². The van der Waals surface area contributed by atoms with Crippen LogP contribution in [-0.2, 0) is 10.0 Å². The molecule has 2 aromatic rings. The van der Waals surface area contributed by atoms with Gasteiger partial charge in [-0.05, 0) is 17.7 Å². The van der Waals surface area contributed by atoms with E-state index in [2.05, 4.69) is 4.40 Å². The Hall–Kier alpha value is -2.18. The second kappa shape index (κ2) is 5.31. The summed E-state index contributed by atoms with van der Waals surface area (Å²) in [7, 11) is -3.59. The number of anilines is 1. The summed E-state index contributed by atoms with van der Waals surface area (Å²) in [6, 6.07) is 16.3. The molecule has 2 aromatic carbocycles. The standard InChI is InChI=1S/C15H15N3O2S/c16-13(12-6-2-1-3-7-12)10-18-11-17-21(19,20)15-9-5-4-8-14(15)18/h1-9,11,13H,10,16H2. The fourth-order valence-corrected chi connectivity index (χ4v) is 3.37. The van der Waals surface area contributed by atoms with Gasteiger partial charge in [0.05, 0.1) is 5.69 Å². The Kier molecular flexibility index (Phi) is 3.48. The minimum Gasteiger partial charge on any atom is -0.329 e. The van der Waals surface area contributed by atoms with Crippen LogP contribution in [0.15, 0.2) is 63.9 Å². The van der Waals surface area contributed by atoms with Crippen molar-refractivity contribution in [1.82, 2.24) is 0 Å². The van der Waals surface area contributed by atoms with Crippen molar-refractivity contribution in [3.63, 3.8) is 0 Å². The summed E-state index contributed by atoms with van der Waals surface area (Å²) in [6.45, 7) is 0.458. The Morgan fingerprint density at radius 1 is 1.05 bits per heavy atom.